The number of allylic oxidation sites excluding steroid dienone is 1. The topological polar surface area (TPSA) is 16.3 Å². The van der Waals surface area contributed by atoms with Gasteiger partial charge in [-0.15, -0.1) is 0 Å². The van der Waals surface area contributed by atoms with Crippen molar-refractivity contribution in [3.63, 3.8) is 0 Å². The molecular formula is C62H52N4. The Kier molecular flexibility index (Phi) is 10.0. The number of fused-ring (bicyclic) bond motifs is 6. The SMILES string of the molecule is CC1Cc2c(n(-c3ccccc3)c3ccc(N(c4ccccc4)c4ccc(-c5ccc(N(C6=Cc7c(n(-c8ccccc8)c8ccccc78)CC6)c6ccccc6)cc5)cc4)cc23)C(C)C1. The molecule has 0 fully saturated rings. The Morgan fingerprint density at radius 1 is 0.439 bits per heavy atom. The molecule has 0 aliphatic heterocycles. The Bertz CT molecular complexity index is 3360. The van der Waals surface area contributed by atoms with Crippen LogP contribution in [0.2, 0.25) is 0 Å². The molecule has 0 spiro atoms. The Balaban J connectivity index is 0.892. The van der Waals surface area contributed by atoms with Crippen molar-refractivity contribution in [3.05, 3.63) is 241 Å². The average Bonchev–Trinajstić information content (AvgIpc) is 3.88. The number of nitrogens with zero attached hydrogens (tertiary/aromatic N) is 4. The zero-order chi connectivity index (χ0) is 44.1. The van der Waals surface area contributed by atoms with Crippen LogP contribution < -0.4 is 9.80 Å². The van der Waals surface area contributed by atoms with Crippen LogP contribution in [-0.4, -0.2) is 9.13 Å². The van der Waals surface area contributed by atoms with E-state index in [2.05, 4.69) is 251 Å². The molecule has 10 aromatic rings. The Labute approximate surface area is 388 Å². The summed E-state index contributed by atoms with van der Waals surface area (Å²) >= 11 is 0. The molecule has 0 amide bonds. The molecule has 0 radical (unpaired) electrons. The van der Waals surface area contributed by atoms with Crippen LogP contribution in [0, 0.1) is 5.92 Å². The average molecular weight is 853 g/mol. The van der Waals surface area contributed by atoms with Crippen LogP contribution in [0.3, 0.4) is 0 Å². The minimum absolute atomic E-state index is 0.486. The third-order valence-electron chi connectivity index (χ3n) is 14.0. The fraction of sp³-hybridized carbons (Fsp3) is 0.129. The molecule has 0 bridgehead atoms. The van der Waals surface area contributed by atoms with Gasteiger partial charge in [0, 0.05) is 73.2 Å². The van der Waals surface area contributed by atoms with Crippen molar-refractivity contribution in [3.8, 4) is 22.5 Å². The van der Waals surface area contributed by atoms with Crippen LogP contribution in [0.15, 0.2) is 218 Å². The summed E-state index contributed by atoms with van der Waals surface area (Å²) in [5.74, 6) is 1.13. The molecule has 2 atom stereocenters. The second-order valence-corrected chi connectivity index (χ2v) is 18.3. The van der Waals surface area contributed by atoms with Gasteiger partial charge in [-0.25, -0.2) is 0 Å². The highest BCUT2D eigenvalue weighted by atomic mass is 15.2. The van der Waals surface area contributed by atoms with Crippen molar-refractivity contribution in [2.45, 2.75) is 45.4 Å². The number of aromatic nitrogens is 2. The van der Waals surface area contributed by atoms with Gasteiger partial charge in [-0.1, -0.05) is 129 Å². The van der Waals surface area contributed by atoms with E-state index in [0.717, 1.165) is 42.0 Å². The van der Waals surface area contributed by atoms with Gasteiger partial charge in [0.2, 0.25) is 0 Å². The predicted octanol–water partition coefficient (Wildman–Crippen LogP) is 16.5. The van der Waals surface area contributed by atoms with Gasteiger partial charge in [-0.2, -0.15) is 0 Å². The fourth-order valence-electron chi connectivity index (χ4n) is 11.2. The lowest BCUT2D eigenvalue weighted by Crippen LogP contribution is -2.19. The molecule has 2 aliphatic rings. The van der Waals surface area contributed by atoms with Gasteiger partial charge in [-0.3, -0.25) is 0 Å². The van der Waals surface area contributed by atoms with Crippen LogP contribution in [0.1, 0.15) is 55.1 Å². The highest BCUT2D eigenvalue weighted by molar-refractivity contribution is 5.95. The van der Waals surface area contributed by atoms with E-state index in [-0.39, 0.29) is 0 Å². The molecule has 2 heterocycles. The van der Waals surface area contributed by atoms with Crippen LogP contribution in [0.5, 0.6) is 0 Å². The van der Waals surface area contributed by atoms with E-state index in [1.807, 2.05) is 0 Å². The number of para-hydroxylation sites is 5. The van der Waals surface area contributed by atoms with Crippen molar-refractivity contribution in [2.75, 3.05) is 9.80 Å². The quantitative estimate of drug-likeness (QED) is 0.144. The number of anilines is 5. The second-order valence-electron chi connectivity index (χ2n) is 18.3. The summed E-state index contributed by atoms with van der Waals surface area (Å²) in [7, 11) is 0. The first kappa shape index (κ1) is 39.7. The molecule has 0 saturated carbocycles. The van der Waals surface area contributed by atoms with Crippen molar-refractivity contribution < 1.29 is 0 Å². The number of hydrogen-bond donors (Lipinski definition) is 0. The Hall–Kier alpha value is -7.82. The Morgan fingerprint density at radius 2 is 0.939 bits per heavy atom. The molecule has 0 saturated heterocycles. The number of benzene rings is 8. The van der Waals surface area contributed by atoms with E-state index in [1.54, 1.807) is 0 Å². The summed E-state index contributed by atoms with van der Waals surface area (Å²) in [6, 6.07) is 77.5. The van der Waals surface area contributed by atoms with Crippen LogP contribution in [-0.2, 0) is 12.8 Å². The van der Waals surface area contributed by atoms with Gasteiger partial charge in [0.1, 0.15) is 0 Å². The van der Waals surface area contributed by atoms with Gasteiger partial charge in [0.15, 0.2) is 0 Å². The normalized spacial score (nSPS) is 15.6. The molecule has 320 valence electrons. The molecule has 2 unspecified atom stereocenters. The maximum absolute atomic E-state index is 2.53. The van der Waals surface area contributed by atoms with Gasteiger partial charge >= 0.3 is 0 Å². The third-order valence-corrected chi connectivity index (χ3v) is 14.0. The number of rotatable bonds is 9. The third kappa shape index (κ3) is 6.92. The zero-order valence-corrected chi connectivity index (χ0v) is 37.6. The lowest BCUT2D eigenvalue weighted by Gasteiger charge is -2.30. The second kappa shape index (κ2) is 16.6. The number of hydrogen-bond acceptors (Lipinski definition) is 2. The highest BCUT2D eigenvalue weighted by Gasteiger charge is 2.30. The van der Waals surface area contributed by atoms with Crippen molar-refractivity contribution in [1.29, 1.82) is 0 Å². The van der Waals surface area contributed by atoms with Crippen molar-refractivity contribution in [2.24, 2.45) is 5.92 Å². The van der Waals surface area contributed by atoms with E-state index in [0.29, 0.717) is 11.8 Å². The minimum atomic E-state index is 0.486. The predicted molar refractivity (Wildman–Crippen MR) is 277 cm³/mol. The van der Waals surface area contributed by atoms with Crippen molar-refractivity contribution in [1.82, 2.24) is 9.13 Å². The smallest absolute Gasteiger partial charge is 0.0537 e. The summed E-state index contributed by atoms with van der Waals surface area (Å²) in [6.07, 6.45) is 6.62. The maximum Gasteiger partial charge on any atom is 0.0537 e. The lowest BCUT2D eigenvalue weighted by atomic mass is 9.81. The maximum atomic E-state index is 2.53. The van der Waals surface area contributed by atoms with Crippen LogP contribution in [0.4, 0.5) is 28.4 Å². The zero-order valence-electron chi connectivity index (χ0n) is 37.6. The van der Waals surface area contributed by atoms with Crippen LogP contribution in [0.25, 0.3) is 50.4 Å². The molecule has 2 aromatic heterocycles. The summed E-state index contributed by atoms with van der Waals surface area (Å²) in [5, 5.41) is 2.65. The molecular weight excluding hydrogens is 801 g/mol. The first-order valence-electron chi connectivity index (χ1n) is 23.6. The summed E-state index contributed by atoms with van der Waals surface area (Å²) in [6.45, 7) is 4.82. The van der Waals surface area contributed by atoms with Crippen molar-refractivity contribution >= 4 is 56.3 Å². The molecule has 4 heteroatoms. The summed E-state index contributed by atoms with van der Waals surface area (Å²) in [5.41, 5.74) is 20.1. The van der Waals surface area contributed by atoms with Gasteiger partial charge < -0.3 is 18.9 Å². The minimum Gasteiger partial charge on any atom is -0.314 e. The van der Waals surface area contributed by atoms with Gasteiger partial charge in [-0.05, 0) is 157 Å². The van der Waals surface area contributed by atoms with E-state index >= 15 is 0 Å². The lowest BCUT2D eigenvalue weighted by molar-refractivity contribution is 0.442. The van der Waals surface area contributed by atoms with Crippen LogP contribution >= 0.6 is 0 Å². The molecule has 0 N–H and O–H groups in total. The largest absolute Gasteiger partial charge is 0.314 e. The Morgan fingerprint density at radius 3 is 1.58 bits per heavy atom. The van der Waals surface area contributed by atoms with E-state index in [9.17, 15) is 0 Å². The molecule has 66 heavy (non-hydrogen) atoms. The summed E-state index contributed by atoms with van der Waals surface area (Å²) in [4.78, 5) is 4.86. The van der Waals surface area contributed by atoms with E-state index in [4.69, 9.17) is 0 Å². The molecule has 2 aliphatic carbocycles. The first-order valence-corrected chi connectivity index (χ1v) is 23.6. The first-order chi connectivity index (χ1) is 32.6. The summed E-state index contributed by atoms with van der Waals surface area (Å²) < 4.78 is 4.99. The van der Waals surface area contributed by atoms with E-state index < -0.39 is 0 Å². The van der Waals surface area contributed by atoms with Gasteiger partial charge in [0.25, 0.3) is 0 Å². The van der Waals surface area contributed by atoms with Gasteiger partial charge in [0.05, 0.1) is 11.0 Å². The standard InChI is InChI=1S/C62H52N4/c1-43-39-44(2)62-58(40-43)57-42-54(36-38-61(57)66(62)50-23-13-6-14-24-50)64(48-19-9-4-10-20-48)52-33-29-46(30-34-52)45-27-31-51(32-28-45)63(47-17-7-3-8-18-47)53-35-37-60-56(41-53)55-25-15-16-26-59(55)65(60)49-21-11-5-12-22-49/h3-34,36,38,41-44H,35,37,39-40H2,1-2H3. The highest BCUT2D eigenvalue weighted by Crippen LogP contribution is 2.46. The molecule has 4 nitrogen and oxygen atoms in total. The molecule has 12 rings (SSSR count). The monoisotopic (exact) mass is 852 g/mol. The fourth-order valence-corrected chi connectivity index (χ4v) is 11.2. The molecule has 8 aromatic carbocycles. The van der Waals surface area contributed by atoms with E-state index in [1.165, 1.54) is 84.6 Å².